The van der Waals surface area contributed by atoms with Crippen LogP contribution in [0, 0.1) is 11.8 Å². The fourth-order valence-electron chi connectivity index (χ4n) is 2.92. The van der Waals surface area contributed by atoms with E-state index in [1.165, 1.54) is 31.2 Å². The van der Waals surface area contributed by atoms with Crippen LogP contribution in [-0.4, -0.2) is 6.54 Å². The molecule has 0 saturated heterocycles. The Bertz CT molecular complexity index is 419. The van der Waals surface area contributed by atoms with Gasteiger partial charge in [-0.05, 0) is 49.4 Å². The van der Waals surface area contributed by atoms with E-state index in [4.69, 9.17) is 23.2 Å². The van der Waals surface area contributed by atoms with Gasteiger partial charge in [-0.3, -0.25) is 0 Å². The highest BCUT2D eigenvalue weighted by molar-refractivity contribution is 6.42. The van der Waals surface area contributed by atoms with Crippen LogP contribution in [0.2, 0.25) is 10.0 Å². The van der Waals surface area contributed by atoms with E-state index in [1.807, 2.05) is 12.1 Å². The largest absolute Gasteiger partial charge is 0.310 e. The molecule has 3 heteroatoms. The summed E-state index contributed by atoms with van der Waals surface area (Å²) in [7, 11) is 0. The zero-order valence-electron chi connectivity index (χ0n) is 11.8. The molecule has 0 heterocycles. The summed E-state index contributed by atoms with van der Waals surface area (Å²) >= 11 is 12.0. The number of halogens is 2. The van der Waals surface area contributed by atoms with Gasteiger partial charge in [-0.25, -0.2) is 0 Å². The predicted octanol–water partition coefficient (Wildman–Crippen LogP) is 5.47. The minimum absolute atomic E-state index is 0.323. The highest BCUT2D eigenvalue weighted by Gasteiger charge is 2.21. The van der Waals surface area contributed by atoms with Crippen molar-refractivity contribution in [1.82, 2.24) is 5.32 Å². The summed E-state index contributed by atoms with van der Waals surface area (Å²) in [6, 6.07) is 6.21. The number of benzene rings is 1. The number of rotatable bonds is 4. The maximum absolute atomic E-state index is 6.07. The van der Waals surface area contributed by atoms with Crippen LogP contribution in [0.3, 0.4) is 0 Å². The third-order valence-electron chi connectivity index (χ3n) is 4.42. The second kappa shape index (κ2) is 6.97. The van der Waals surface area contributed by atoms with Gasteiger partial charge < -0.3 is 5.32 Å². The van der Waals surface area contributed by atoms with Gasteiger partial charge in [0.15, 0.2) is 0 Å². The Labute approximate surface area is 126 Å². The first-order valence-electron chi connectivity index (χ1n) is 7.26. The summed E-state index contributed by atoms with van der Waals surface area (Å²) in [4.78, 5) is 0. The Morgan fingerprint density at radius 1 is 1.21 bits per heavy atom. The average molecular weight is 300 g/mol. The summed E-state index contributed by atoms with van der Waals surface area (Å²) in [5.41, 5.74) is 1.21. The van der Waals surface area contributed by atoms with E-state index in [0.29, 0.717) is 16.1 Å². The molecule has 1 aliphatic rings. The second-order valence-electron chi connectivity index (χ2n) is 5.83. The molecule has 0 radical (unpaired) electrons. The third kappa shape index (κ3) is 4.11. The smallest absolute Gasteiger partial charge is 0.0595 e. The maximum Gasteiger partial charge on any atom is 0.0595 e. The van der Waals surface area contributed by atoms with Gasteiger partial charge in [0, 0.05) is 6.04 Å². The minimum atomic E-state index is 0.323. The Morgan fingerprint density at radius 2 is 1.95 bits per heavy atom. The molecule has 0 bridgehead atoms. The Balaban J connectivity index is 1.89. The molecule has 0 spiro atoms. The van der Waals surface area contributed by atoms with Crippen LogP contribution in [0.25, 0.3) is 0 Å². The lowest BCUT2D eigenvalue weighted by Crippen LogP contribution is -2.31. The number of nitrogens with one attached hydrogen (secondary N) is 1. The second-order valence-corrected chi connectivity index (χ2v) is 6.64. The SMILES string of the molecule is CC(NCC1CCCCC1C)c1ccc(Cl)c(Cl)c1. The van der Waals surface area contributed by atoms with Crippen molar-refractivity contribution in [2.45, 2.75) is 45.6 Å². The third-order valence-corrected chi connectivity index (χ3v) is 5.16. The van der Waals surface area contributed by atoms with Crippen molar-refractivity contribution in [3.05, 3.63) is 33.8 Å². The summed E-state index contributed by atoms with van der Waals surface area (Å²) < 4.78 is 0. The van der Waals surface area contributed by atoms with E-state index in [1.54, 1.807) is 0 Å². The van der Waals surface area contributed by atoms with E-state index in [9.17, 15) is 0 Å². The Kier molecular flexibility index (Phi) is 5.56. The molecule has 1 aromatic rings. The molecule has 106 valence electrons. The van der Waals surface area contributed by atoms with Crippen molar-refractivity contribution in [2.75, 3.05) is 6.54 Å². The van der Waals surface area contributed by atoms with Gasteiger partial charge in [-0.2, -0.15) is 0 Å². The molecular formula is C16H23Cl2N. The standard InChI is InChI=1S/C16H23Cl2N/c1-11-5-3-4-6-14(11)10-19-12(2)13-7-8-15(17)16(18)9-13/h7-9,11-12,14,19H,3-6,10H2,1-2H3. The van der Waals surface area contributed by atoms with Crippen molar-refractivity contribution >= 4 is 23.2 Å². The molecule has 0 aliphatic heterocycles. The Hall–Kier alpha value is -0.240. The van der Waals surface area contributed by atoms with Crippen LogP contribution in [0.1, 0.15) is 51.1 Å². The molecule has 2 rings (SSSR count). The first-order chi connectivity index (χ1) is 9.08. The zero-order chi connectivity index (χ0) is 13.8. The van der Waals surface area contributed by atoms with Crippen molar-refractivity contribution in [3.8, 4) is 0 Å². The lowest BCUT2D eigenvalue weighted by molar-refractivity contribution is 0.242. The van der Waals surface area contributed by atoms with E-state index >= 15 is 0 Å². The van der Waals surface area contributed by atoms with Gasteiger partial charge >= 0.3 is 0 Å². The normalized spacial score (nSPS) is 25.3. The van der Waals surface area contributed by atoms with Gasteiger partial charge in [0.1, 0.15) is 0 Å². The van der Waals surface area contributed by atoms with Crippen LogP contribution in [0.4, 0.5) is 0 Å². The lowest BCUT2D eigenvalue weighted by atomic mass is 9.80. The highest BCUT2D eigenvalue weighted by Crippen LogP contribution is 2.30. The molecule has 1 saturated carbocycles. The first-order valence-corrected chi connectivity index (χ1v) is 8.02. The van der Waals surface area contributed by atoms with Gasteiger partial charge in [-0.15, -0.1) is 0 Å². The molecule has 1 aliphatic carbocycles. The molecule has 1 fully saturated rings. The molecule has 1 N–H and O–H groups in total. The minimum Gasteiger partial charge on any atom is -0.310 e. The average Bonchev–Trinajstić information content (AvgIpc) is 2.40. The zero-order valence-corrected chi connectivity index (χ0v) is 13.3. The monoisotopic (exact) mass is 299 g/mol. The van der Waals surface area contributed by atoms with Gasteiger partial charge in [0.2, 0.25) is 0 Å². The molecular weight excluding hydrogens is 277 g/mol. The van der Waals surface area contributed by atoms with Crippen LogP contribution in [-0.2, 0) is 0 Å². The fraction of sp³-hybridized carbons (Fsp3) is 0.625. The van der Waals surface area contributed by atoms with Crippen molar-refractivity contribution in [2.24, 2.45) is 11.8 Å². The predicted molar refractivity (Wildman–Crippen MR) is 84.0 cm³/mol. The molecule has 1 nitrogen and oxygen atoms in total. The number of hydrogen-bond acceptors (Lipinski definition) is 1. The summed E-state index contributed by atoms with van der Waals surface area (Å²) in [5.74, 6) is 1.67. The van der Waals surface area contributed by atoms with Gasteiger partial charge in [0.05, 0.1) is 10.0 Å². The van der Waals surface area contributed by atoms with Crippen molar-refractivity contribution < 1.29 is 0 Å². The highest BCUT2D eigenvalue weighted by atomic mass is 35.5. The van der Waals surface area contributed by atoms with Crippen LogP contribution < -0.4 is 5.32 Å². The fourth-order valence-corrected chi connectivity index (χ4v) is 3.23. The van der Waals surface area contributed by atoms with E-state index in [0.717, 1.165) is 18.4 Å². The molecule has 0 aromatic heterocycles. The topological polar surface area (TPSA) is 12.0 Å². The summed E-state index contributed by atoms with van der Waals surface area (Å²) in [5, 5.41) is 4.91. The van der Waals surface area contributed by atoms with E-state index in [-0.39, 0.29) is 0 Å². The molecule has 0 amide bonds. The summed E-state index contributed by atoms with van der Waals surface area (Å²) in [6.45, 7) is 5.67. The van der Waals surface area contributed by atoms with E-state index < -0.39 is 0 Å². The first kappa shape index (κ1) is 15.2. The molecule has 1 aromatic carbocycles. The van der Waals surface area contributed by atoms with Crippen molar-refractivity contribution in [1.29, 1.82) is 0 Å². The van der Waals surface area contributed by atoms with Crippen LogP contribution in [0.15, 0.2) is 18.2 Å². The molecule has 3 unspecified atom stereocenters. The number of hydrogen-bond donors (Lipinski definition) is 1. The molecule has 3 atom stereocenters. The van der Waals surface area contributed by atoms with Crippen LogP contribution >= 0.6 is 23.2 Å². The summed E-state index contributed by atoms with van der Waals surface area (Å²) in [6.07, 6.45) is 5.54. The maximum atomic E-state index is 6.07. The quantitative estimate of drug-likeness (QED) is 0.777. The van der Waals surface area contributed by atoms with Gasteiger partial charge in [-0.1, -0.05) is 55.5 Å². The van der Waals surface area contributed by atoms with Gasteiger partial charge in [0.25, 0.3) is 0 Å². The van der Waals surface area contributed by atoms with Crippen molar-refractivity contribution in [3.63, 3.8) is 0 Å². The molecule has 19 heavy (non-hydrogen) atoms. The van der Waals surface area contributed by atoms with E-state index in [2.05, 4.69) is 25.2 Å². The lowest BCUT2D eigenvalue weighted by Gasteiger charge is -2.30. The Morgan fingerprint density at radius 3 is 2.63 bits per heavy atom. The van der Waals surface area contributed by atoms with Crippen LogP contribution in [0.5, 0.6) is 0 Å².